The molecule has 0 saturated heterocycles. The van der Waals surface area contributed by atoms with Crippen molar-refractivity contribution in [2.24, 2.45) is 0 Å². The number of carbonyl (C=O) groups is 1. The fourth-order valence-corrected chi connectivity index (χ4v) is 4.56. The number of fused-ring (bicyclic) bond motifs is 1. The maximum absolute atomic E-state index is 13.6. The van der Waals surface area contributed by atoms with Crippen LogP contribution in [0, 0.1) is 5.82 Å². The topological polar surface area (TPSA) is 79.8 Å². The third kappa shape index (κ3) is 3.29. The molecule has 0 radical (unpaired) electrons. The Morgan fingerprint density at radius 2 is 1.83 bits per heavy atom. The number of methoxy groups -OCH3 is 1. The van der Waals surface area contributed by atoms with Crippen molar-refractivity contribution in [3.8, 4) is 5.75 Å². The second-order valence-electron chi connectivity index (χ2n) is 6.28. The van der Waals surface area contributed by atoms with Gasteiger partial charge in [-0.25, -0.2) is 31.8 Å². The average Bonchev–Trinajstić information content (AvgIpc) is 2.72. The summed E-state index contributed by atoms with van der Waals surface area (Å²) in [5.74, 6) is 0.0836. The molecule has 0 unspecified atom stereocenters. The van der Waals surface area contributed by atoms with Crippen LogP contribution < -0.4 is 9.64 Å². The van der Waals surface area contributed by atoms with Crippen LogP contribution >= 0.6 is 0 Å². The Hall–Kier alpha value is -3.46. The summed E-state index contributed by atoms with van der Waals surface area (Å²) in [5, 5.41) is 0. The van der Waals surface area contributed by atoms with E-state index < -0.39 is 21.9 Å². The van der Waals surface area contributed by atoms with Gasteiger partial charge in [-0.2, -0.15) is 0 Å². The highest BCUT2D eigenvalue weighted by Gasteiger charge is 2.43. The molecule has 0 bridgehead atoms. The number of anilines is 2. The quantitative estimate of drug-likeness (QED) is 0.652. The smallest absolute Gasteiger partial charge is 0.344 e. The van der Waals surface area contributed by atoms with Gasteiger partial charge in [-0.1, -0.05) is 12.1 Å². The van der Waals surface area contributed by atoms with Crippen LogP contribution in [-0.4, -0.2) is 30.8 Å². The average molecular weight is 413 g/mol. The zero-order valence-corrected chi connectivity index (χ0v) is 16.1. The Labute approximate surface area is 167 Å². The molecule has 1 aliphatic rings. The van der Waals surface area contributed by atoms with Gasteiger partial charge in [0.15, 0.2) is 5.82 Å². The first-order valence-corrected chi connectivity index (χ1v) is 10.1. The highest BCUT2D eigenvalue weighted by molar-refractivity contribution is 7.90. The fraction of sp³-hybridized carbons (Fsp3) is 0.100. The maximum Gasteiger partial charge on any atom is 0.344 e. The van der Waals surface area contributed by atoms with E-state index in [2.05, 4.69) is 4.98 Å². The minimum atomic E-state index is -4.16. The van der Waals surface area contributed by atoms with Crippen molar-refractivity contribution >= 4 is 27.6 Å². The Balaban J connectivity index is 1.84. The summed E-state index contributed by atoms with van der Waals surface area (Å²) in [6.07, 6.45) is 1.42. The molecular weight excluding hydrogens is 397 g/mol. The number of benzene rings is 2. The van der Waals surface area contributed by atoms with Gasteiger partial charge < -0.3 is 4.74 Å². The molecule has 2 heterocycles. The summed E-state index contributed by atoms with van der Waals surface area (Å²) in [6.45, 7) is -0.306. The monoisotopic (exact) mass is 413 g/mol. The van der Waals surface area contributed by atoms with Gasteiger partial charge in [-0.15, -0.1) is 0 Å². The van der Waals surface area contributed by atoms with Gasteiger partial charge in [0.25, 0.3) is 10.0 Å². The molecule has 0 aliphatic carbocycles. The van der Waals surface area contributed by atoms with Gasteiger partial charge >= 0.3 is 6.03 Å². The van der Waals surface area contributed by atoms with Gasteiger partial charge in [0.2, 0.25) is 0 Å². The summed E-state index contributed by atoms with van der Waals surface area (Å²) in [5.41, 5.74) is 0.777. The van der Waals surface area contributed by atoms with Crippen LogP contribution in [0.2, 0.25) is 0 Å². The highest BCUT2D eigenvalue weighted by Crippen LogP contribution is 2.38. The molecule has 0 N–H and O–H groups in total. The van der Waals surface area contributed by atoms with E-state index in [0.717, 1.165) is 4.31 Å². The van der Waals surface area contributed by atoms with Gasteiger partial charge in [-0.05, 0) is 54.1 Å². The van der Waals surface area contributed by atoms with Crippen molar-refractivity contribution in [2.45, 2.75) is 11.4 Å². The molecule has 0 saturated carbocycles. The zero-order chi connectivity index (χ0) is 20.6. The Morgan fingerprint density at radius 3 is 2.52 bits per heavy atom. The number of urea groups is 1. The van der Waals surface area contributed by atoms with E-state index in [9.17, 15) is 17.6 Å². The number of amides is 2. The van der Waals surface area contributed by atoms with E-state index in [1.807, 2.05) is 0 Å². The number of carbonyl (C=O) groups excluding carboxylic acids is 1. The predicted molar refractivity (Wildman–Crippen MR) is 104 cm³/mol. The molecule has 148 valence electrons. The molecule has 1 aromatic heterocycles. The maximum atomic E-state index is 13.6. The Bertz CT molecular complexity index is 1180. The molecule has 2 aromatic carbocycles. The second-order valence-corrected chi connectivity index (χ2v) is 8.11. The van der Waals surface area contributed by atoms with Crippen molar-refractivity contribution in [3.63, 3.8) is 0 Å². The molecule has 7 nitrogen and oxygen atoms in total. The minimum absolute atomic E-state index is 0.0122. The molecule has 1 aliphatic heterocycles. The number of halogens is 1. The van der Waals surface area contributed by atoms with E-state index in [-0.39, 0.29) is 17.3 Å². The van der Waals surface area contributed by atoms with E-state index in [1.54, 1.807) is 30.3 Å². The minimum Gasteiger partial charge on any atom is -0.497 e. The normalized spacial score (nSPS) is 15.2. The molecule has 2 amide bonds. The lowest BCUT2D eigenvalue weighted by molar-refractivity contribution is 0.229. The van der Waals surface area contributed by atoms with E-state index in [4.69, 9.17) is 4.74 Å². The lowest BCUT2D eigenvalue weighted by atomic mass is 10.2. The van der Waals surface area contributed by atoms with Gasteiger partial charge in [0.1, 0.15) is 16.5 Å². The van der Waals surface area contributed by atoms with Crippen LogP contribution in [0.4, 0.5) is 20.7 Å². The largest absolute Gasteiger partial charge is 0.497 e. The summed E-state index contributed by atoms with van der Waals surface area (Å²) < 4.78 is 45.6. The second kappa shape index (κ2) is 7.17. The van der Waals surface area contributed by atoms with Crippen molar-refractivity contribution < 1.29 is 22.3 Å². The number of hydrogen-bond donors (Lipinski definition) is 0. The number of pyridine rings is 1. The molecule has 4 rings (SSSR count). The number of sulfonamides is 1. The van der Waals surface area contributed by atoms with Crippen LogP contribution in [-0.2, 0) is 16.6 Å². The van der Waals surface area contributed by atoms with Crippen molar-refractivity contribution in [3.05, 3.63) is 78.2 Å². The standard InChI is InChI=1S/C20H16FN3O4S/c1-28-17-9-7-16(8-10-17)24-19-18(6-3-11-22-19)29(26,27)23(20(24)25)13-14-4-2-5-15(21)12-14/h2-12H,13H2,1H3. The van der Waals surface area contributed by atoms with Crippen molar-refractivity contribution in [1.82, 2.24) is 9.29 Å². The first-order chi connectivity index (χ1) is 13.9. The van der Waals surface area contributed by atoms with Crippen LogP contribution in [0.25, 0.3) is 0 Å². The Morgan fingerprint density at radius 1 is 1.07 bits per heavy atom. The Kier molecular flexibility index (Phi) is 4.67. The van der Waals surface area contributed by atoms with Gasteiger partial charge in [-0.3, -0.25) is 0 Å². The first-order valence-electron chi connectivity index (χ1n) is 8.62. The highest BCUT2D eigenvalue weighted by atomic mass is 32.2. The van der Waals surface area contributed by atoms with Crippen molar-refractivity contribution in [1.29, 1.82) is 0 Å². The first kappa shape index (κ1) is 18.9. The number of hydrogen-bond acceptors (Lipinski definition) is 5. The number of rotatable bonds is 4. The third-order valence-corrected chi connectivity index (χ3v) is 6.22. The molecular formula is C20H16FN3O4S. The predicted octanol–water partition coefficient (Wildman–Crippen LogP) is 3.69. The summed E-state index contributed by atoms with van der Waals surface area (Å²) in [6, 6.07) is 14.1. The SMILES string of the molecule is COc1ccc(N2C(=O)N(Cc3cccc(F)c3)S(=O)(=O)c3cccnc32)cc1. The van der Waals surface area contributed by atoms with Crippen LogP contribution in [0.3, 0.4) is 0 Å². The lowest BCUT2D eigenvalue weighted by Crippen LogP contribution is -2.48. The zero-order valence-electron chi connectivity index (χ0n) is 15.3. The number of nitrogens with zero attached hydrogens (tertiary/aromatic N) is 3. The van der Waals surface area contributed by atoms with E-state index in [1.165, 1.54) is 48.5 Å². The molecule has 3 aromatic rings. The van der Waals surface area contributed by atoms with Crippen molar-refractivity contribution in [2.75, 3.05) is 12.0 Å². The van der Waals surface area contributed by atoms with Crippen LogP contribution in [0.15, 0.2) is 71.8 Å². The van der Waals surface area contributed by atoms with Crippen LogP contribution in [0.5, 0.6) is 5.75 Å². The number of ether oxygens (including phenoxy) is 1. The van der Waals surface area contributed by atoms with Gasteiger partial charge in [0, 0.05) is 6.20 Å². The van der Waals surface area contributed by atoms with E-state index >= 15 is 0 Å². The molecule has 29 heavy (non-hydrogen) atoms. The molecule has 0 spiro atoms. The third-order valence-electron chi connectivity index (χ3n) is 4.48. The van der Waals surface area contributed by atoms with E-state index in [0.29, 0.717) is 17.0 Å². The molecule has 0 fully saturated rings. The molecule has 0 atom stereocenters. The molecule has 9 heteroatoms. The van der Waals surface area contributed by atoms with Gasteiger partial charge in [0.05, 0.1) is 19.3 Å². The summed E-state index contributed by atoms with van der Waals surface area (Å²) >= 11 is 0. The summed E-state index contributed by atoms with van der Waals surface area (Å²) in [7, 11) is -2.65. The number of aromatic nitrogens is 1. The van der Waals surface area contributed by atoms with Crippen LogP contribution in [0.1, 0.15) is 5.56 Å². The summed E-state index contributed by atoms with van der Waals surface area (Å²) in [4.78, 5) is 18.5. The lowest BCUT2D eigenvalue weighted by Gasteiger charge is -2.35. The fourth-order valence-electron chi connectivity index (χ4n) is 3.09.